The van der Waals surface area contributed by atoms with Gasteiger partial charge in [-0.05, 0) is 36.4 Å². The van der Waals surface area contributed by atoms with Crippen molar-refractivity contribution in [3.05, 3.63) is 53.4 Å². The molecule has 1 aliphatic rings. The third kappa shape index (κ3) is 4.43. The summed E-state index contributed by atoms with van der Waals surface area (Å²) in [7, 11) is 0. The maximum atomic E-state index is 13.0. The van der Waals surface area contributed by atoms with E-state index in [1.165, 1.54) is 23.2 Å². The number of amides is 1. The average molecular weight is 350 g/mol. The fraction of sp³-hybridized carbons (Fsp3) is 0.294. The maximum Gasteiger partial charge on any atom is 0.280 e. The number of benzene rings is 1. The number of rotatable bonds is 4. The molecule has 2 N–H and O–H groups in total. The van der Waals surface area contributed by atoms with E-state index in [9.17, 15) is 9.18 Å². The van der Waals surface area contributed by atoms with Crippen molar-refractivity contribution in [1.29, 1.82) is 0 Å². The highest BCUT2D eigenvalue weighted by Crippen LogP contribution is 2.14. The number of anilines is 2. The van der Waals surface area contributed by atoms with Gasteiger partial charge in [0, 0.05) is 11.9 Å². The van der Waals surface area contributed by atoms with Gasteiger partial charge in [-0.25, -0.2) is 9.37 Å². The number of pyridine rings is 1. The van der Waals surface area contributed by atoms with Crippen molar-refractivity contribution in [2.24, 2.45) is 0 Å². The number of hydrogen-bond donors (Lipinski definition) is 2. The molecule has 0 spiro atoms. The molecule has 1 aromatic heterocycles. The number of aromatic nitrogens is 1. The minimum Gasteiger partial charge on any atom is -0.360 e. The lowest BCUT2D eigenvalue weighted by molar-refractivity contribution is -0.892. The van der Waals surface area contributed by atoms with E-state index < -0.39 is 0 Å². The zero-order chi connectivity index (χ0) is 16.9. The number of hydrogen-bond acceptors (Lipinski definition) is 3. The van der Waals surface area contributed by atoms with Crippen LogP contribution in [0.5, 0.6) is 0 Å². The highest BCUT2D eigenvalue weighted by Gasteiger charge is 2.22. The third-order valence-corrected chi connectivity index (χ3v) is 4.29. The molecule has 0 radical (unpaired) electrons. The van der Waals surface area contributed by atoms with Crippen molar-refractivity contribution in [3.8, 4) is 0 Å². The van der Waals surface area contributed by atoms with Gasteiger partial charge >= 0.3 is 0 Å². The molecule has 1 fully saturated rings. The van der Waals surface area contributed by atoms with Crippen LogP contribution in [-0.2, 0) is 4.79 Å². The molecule has 1 saturated heterocycles. The third-order valence-electron chi connectivity index (χ3n) is 4.07. The van der Waals surface area contributed by atoms with Gasteiger partial charge in [-0.15, -0.1) is 0 Å². The number of carbonyl (C=O) groups is 1. The summed E-state index contributed by atoms with van der Waals surface area (Å²) in [6.07, 6.45) is 1.51. The predicted octanol–water partition coefficient (Wildman–Crippen LogP) is 1.22. The summed E-state index contributed by atoms with van der Waals surface area (Å²) in [6, 6.07) is 9.90. The molecule has 24 heavy (non-hydrogen) atoms. The van der Waals surface area contributed by atoms with Gasteiger partial charge in [-0.3, -0.25) is 4.79 Å². The molecule has 0 aliphatic carbocycles. The first-order chi connectivity index (χ1) is 11.6. The first-order valence-corrected chi connectivity index (χ1v) is 8.23. The van der Waals surface area contributed by atoms with Gasteiger partial charge in [0.2, 0.25) is 0 Å². The average Bonchev–Trinajstić information content (AvgIpc) is 2.58. The Kier molecular flexibility index (Phi) is 5.27. The van der Waals surface area contributed by atoms with Crippen molar-refractivity contribution >= 4 is 29.0 Å². The van der Waals surface area contributed by atoms with Gasteiger partial charge in [0.05, 0.1) is 31.2 Å². The lowest BCUT2D eigenvalue weighted by atomic mass is 10.2. The van der Waals surface area contributed by atoms with Gasteiger partial charge in [-0.2, -0.15) is 0 Å². The molecule has 126 valence electrons. The number of carbonyl (C=O) groups excluding carboxylic acids is 1. The van der Waals surface area contributed by atoms with Gasteiger partial charge < -0.3 is 15.1 Å². The van der Waals surface area contributed by atoms with Crippen LogP contribution >= 0.6 is 11.6 Å². The van der Waals surface area contributed by atoms with Gasteiger partial charge in [-0.1, -0.05) is 11.6 Å². The van der Waals surface area contributed by atoms with E-state index >= 15 is 0 Å². The number of nitrogens with one attached hydrogen (secondary N) is 2. The van der Waals surface area contributed by atoms with E-state index in [1.54, 1.807) is 24.3 Å². The molecular formula is C17H19ClFN4O+. The summed E-state index contributed by atoms with van der Waals surface area (Å²) in [4.78, 5) is 19.6. The van der Waals surface area contributed by atoms with E-state index in [1.807, 2.05) is 0 Å². The molecule has 0 atom stereocenters. The van der Waals surface area contributed by atoms with Crippen molar-refractivity contribution in [2.45, 2.75) is 0 Å². The molecule has 1 aliphatic heterocycles. The van der Waals surface area contributed by atoms with Crippen molar-refractivity contribution in [2.75, 3.05) is 42.9 Å². The normalized spacial score (nSPS) is 15.3. The fourth-order valence-electron chi connectivity index (χ4n) is 2.77. The Bertz CT molecular complexity index is 685. The standard InChI is InChI=1S/C17H18ClFN4O/c18-13-1-6-16(20-11-13)21-17(24)12-22-7-9-23(10-8-22)15-4-2-14(19)3-5-15/h1-6,11H,7-10,12H2,(H,20,21,24)/p+1. The summed E-state index contributed by atoms with van der Waals surface area (Å²) in [5, 5.41) is 3.32. The maximum absolute atomic E-state index is 13.0. The van der Waals surface area contributed by atoms with Crippen molar-refractivity contribution < 1.29 is 14.1 Å². The fourth-order valence-corrected chi connectivity index (χ4v) is 2.89. The molecule has 1 amide bonds. The Morgan fingerprint density at radius 2 is 1.92 bits per heavy atom. The van der Waals surface area contributed by atoms with Crippen LogP contribution in [0.25, 0.3) is 0 Å². The first kappa shape index (κ1) is 16.7. The molecule has 5 nitrogen and oxygen atoms in total. The Morgan fingerprint density at radius 3 is 2.54 bits per heavy atom. The van der Waals surface area contributed by atoms with Gasteiger partial charge in [0.25, 0.3) is 5.91 Å². The van der Waals surface area contributed by atoms with E-state index in [0.29, 0.717) is 17.4 Å². The van der Waals surface area contributed by atoms with Crippen LogP contribution in [0.4, 0.5) is 15.9 Å². The van der Waals surface area contributed by atoms with Gasteiger partial charge in [0.1, 0.15) is 11.6 Å². The predicted molar refractivity (Wildman–Crippen MR) is 92.1 cm³/mol. The molecule has 7 heteroatoms. The Morgan fingerprint density at radius 1 is 1.21 bits per heavy atom. The number of piperazine rings is 1. The van der Waals surface area contributed by atoms with Crippen LogP contribution in [0, 0.1) is 5.82 Å². The van der Waals surface area contributed by atoms with Crippen LogP contribution in [0.2, 0.25) is 5.02 Å². The van der Waals surface area contributed by atoms with Crippen molar-refractivity contribution in [1.82, 2.24) is 4.98 Å². The summed E-state index contributed by atoms with van der Waals surface area (Å²) >= 11 is 5.77. The summed E-state index contributed by atoms with van der Waals surface area (Å²) in [6.45, 7) is 3.81. The van der Waals surface area contributed by atoms with E-state index in [2.05, 4.69) is 15.2 Å². The summed E-state index contributed by atoms with van der Waals surface area (Å²) in [5.74, 6) is 0.222. The monoisotopic (exact) mass is 349 g/mol. The lowest BCUT2D eigenvalue weighted by Crippen LogP contribution is -3.15. The summed E-state index contributed by atoms with van der Waals surface area (Å²) < 4.78 is 13.0. The highest BCUT2D eigenvalue weighted by molar-refractivity contribution is 6.30. The zero-order valence-electron chi connectivity index (χ0n) is 13.1. The highest BCUT2D eigenvalue weighted by atomic mass is 35.5. The van der Waals surface area contributed by atoms with Crippen LogP contribution in [0.15, 0.2) is 42.6 Å². The van der Waals surface area contributed by atoms with Crippen molar-refractivity contribution in [3.63, 3.8) is 0 Å². The molecule has 0 bridgehead atoms. The Balaban J connectivity index is 1.47. The van der Waals surface area contributed by atoms with Crippen LogP contribution in [0.3, 0.4) is 0 Å². The molecule has 2 aromatic rings. The lowest BCUT2D eigenvalue weighted by Gasteiger charge is -2.33. The van der Waals surface area contributed by atoms with Gasteiger partial charge in [0.15, 0.2) is 6.54 Å². The molecule has 0 unspecified atom stereocenters. The van der Waals surface area contributed by atoms with E-state index in [0.717, 1.165) is 31.9 Å². The molecule has 3 rings (SSSR count). The molecular weight excluding hydrogens is 331 g/mol. The minimum absolute atomic E-state index is 0.0601. The molecule has 1 aromatic carbocycles. The molecule has 2 heterocycles. The van der Waals surface area contributed by atoms with E-state index in [4.69, 9.17) is 11.6 Å². The quantitative estimate of drug-likeness (QED) is 0.872. The van der Waals surface area contributed by atoms with Crippen LogP contribution in [0.1, 0.15) is 0 Å². The van der Waals surface area contributed by atoms with Crippen LogP contribution in [-0.4, -0.2) is 43.6 Å². The van der Waals surface area contributed by atoms with E-state index in [-0.39, 0.29) is 11.7 Å². The zero-order valence-corrected chi connectivity index (χ0v) is 13.9. The Hall–Kier alpha value is -2.18. The molecule has 0 saturated carbocycles. The summed E-state index contributed by atoms with van der Waals surface area (Å²) in [5.41, 5.74) is 1.02. The topological polar surface area (TPSA) is 49.7 Å². The first-order valence-electron chi connectivity index (χ1n) is 7.85. The number of halogens is 2. The minimum atomic E-state index is -0.226. The SMILES string of the molecule is O=C(C[NH+]1CCN(c2ccc(F)cc2)CC1)Nc1ccc(Cl)cn1. The number of quaternary nitrogens is 1. The largest absolute Gasteiger partial charge is 0.360 e. The second-order valence-corrected chi connectivity index (χ2v) is 6.24. The smallest absolute Gasteiger partial charge is 0.280 e. The second-order valence-electron chi connectivity index (χ2n) is 5.80. The Labute approximate surface area is 145 Å². The second kappa shape index (κ2) is 7.59. The van der Waals surface area contributed by atoms with Crippen LogP contribution < -0.4 is 15.1 Å². The number of nitrogens with zero attached hydrogens (tertiary/aromatic N) is 2.